The topological polar surface area (TPSA) is 0 Å². The molecule has 62 valence electrons. The summed E-state index contributed by atoms with van der Waals surface area (Å²) in [5, 5.41) is 4.28. The van der Waals surface area contributed by atoms with Crippen molar-refractivity contribution in [3.8, 4) is 0 Å². The van der Waals surface area contributed by atoms with Crippen LogP contribution in [0, 0.1) is 0 Å². The first-order chi connectivity index (χ1) is 5.88. The van der Waals surface area contributed by atoms with Gasteiger partial charge in [-0.2, -0.15) is 0 Å². The van der Waals surface area contributed by atoms with Gasteiger partial charge in [-0.1, -0.05) is 19.1 Å². The summed E-state index contributed by atoms with van der Waals surface area (Å²) in [7, 11) is 0. The fourth-order valence-corrected chi connectivity index (χ4v) is 2.90. The smallest absolute Gasteiger partial charge is 0.0249 e. The first-order valence-corrected chi connectivity index (χ1v) is 5.70. The molecule has 0 amide bonds. The normalized spacial score (nSPS) is 10.8. The van der Waals surface area contributed by atoms with Crippen LogP contribution in [0.1, 0.15) is 22.6 Å². The van der Waals surface area contributed by atoms with E-state index in [1.165, 1.54) is 9.75 Å². The van der Waals surface area contributed by atoms with Crippen molar-refractivity contribution in [2.45, 2.75) is 12.8 Å². The Morgan fingerprint density at radius 1 is 1.00 bits per heavy atom. The molecule has 0 aliphatic heterocycles. The summed E-state index contributed by atoms with van der Waals surface area (Å²) in [6.45, 7) is 2.26. The Kier molecular flexibility index (Phi) is 2.28. The predicted molar refractivity (Wildman–Crippen MR) is 56.2 cm³/mol. The van der Waals surface area contributed by atoms with Crippen molar-refractivity contribution >= 4 is 22.7 Å². The quantitative estimate of drug-likeness (QED) is 0.679. The van der Waals surface area contributed by atoms with Crippen molar-refractivity contribution in [3.63, 3.8) is 0 Å². The zero-order chi connectivity index (χ0) is 8.39. The fraction of sp³-hybridized carbons (Fsp3) is 0.200. The molecule has 0 bridgehead atoms. The van der Waals surface area contributed by atoms with E-state index in [4.69, 9.17) is 0 Å². The van der Waals surface area contributed by atoms with Crippen molar-refractivity contribution in [1.82, 2.24) is 0 Å². The summed E-state index contributed by atoms with van der Waals surface area (Å²) in [5.41, 5.74) is 0. The monoisotopic (exact) mass is 194 g/mol. The van der Waals surface area contributed by atoms with Crippen LogP contribution >= 0.6 is 22.7 Å². The van der Waals surface area contributed by atoms with Crippen LogP contribution in [0.2, 0.25) is 0 Å². The molecule has 0 aromatic carbocycles. The maximum Gasteiger partial charge on any atom is 0.0249 e. The van der Waals surface area contributed by atoms with Gasteiger partial charge in [0.15, 0.2) is 0 Å². The summed E-state index contributed by atoms with van der Waals surface area (Å²) in [6.07, 6.45) is 0. The average molecular weight is 194 g/mol. The van der Waals surface area contributed by atoms with E-state index in [1.807, 2.05) is 22.7 Å². The van der Waals surface area contributed by atoms with E-state index in [-0.39, 0.29) is 0 Å². The van der Waals surface area contributed by atoms with Gasteiger partial charge in [0, 0.05) is 15.7 Å². The molecule has 0 aliphatic carbocycles. The van der Waals surface area contributed by atoms with E-state index in [9.17, 15) is 0 Å². The molecule has 0 atom stereocenters. The van der Waals surface area contributed by atoms with E-state index in [1.54, 1.807) is 0 Å². The second-order valence-electron chi connectivity index (χ2n) is 2.75. The van der Waals surface area contributed by atoms with Gasteiger partial charge < -0.3 is 0 Å². The fourth-order valence-electron chi connectivity index (χ4n) is 1.22. The van der Waals surface area contributed by atoms with Gasteiger partial charge in [0.2, 0.25) is 0 Å². The van der Waals surface area contributed by atoms with Crippen molar-refractivity contribution in [3.05, 3.63) is 44.8 Å². The molecule has 0 saturated carbocycles. The highest BCUT2D eigenvalue weighted by molar-refractivity contribution is 7.11. The third-order valence-electron chi connectivity index (χ3n) is 1.94. The van der Waals surface area contributed by atoms with Crippen LogP contribution < -0.4 is 0 Å². The van der Waals surface area contributed by atoms with Crippen molar-refractivity contribution in [2.75, 3.05) is 0 Å². The Labute approximate surface area is 80.5 Å². The summed E-state index contributed by atoms with van der Waals surface area (Å²) in [5.74, 6) is 0.574. The molecule has 2 aromatic heterocycles. The largest absolute Gasteiger partial charge is 0.148 e. The highest BCUT2D eigenvalue weighted by Gasteiger charge is 2.08. The molecule has 0 radical (unpaired) electrons. The summed E-state index contributed by atoms with van der Waals surface area (Å²) >= 11 is 3.67. The van der Waals surface area contributed by atoms with Gasteiger partial charge in [0.1, 0.15) is 0 Å². The minimum atomic E-state index is 0.574. The maximum atomic E-state index is 2.26. The number of hydrogen-bond acceptors (Lipinski definition) is 2. The molecule has 0 N–H and O–H groups in total. The summed E-state index contributed by atoms with van der Waals surface area (Å²) in [6, 6.07) is 8.64. The van der Waals surface area contributed by atoms with E-state index in [0.29, 0.717) is 5.92 Å². The maximum absolute atomic E-state index is 2.26. The van der Waals surface area contributed by atoms with Crippen LogP contribution in [0.4, 0.5) is 0 Å². The second kappa shape index (κ2) is 3.42. The van der Waals surface area contributed by atoms with E-state index in [0.717, 1.165) is 0 Å². The minimum absolute atomic E-state index is 0.574. The third-order valence-corrected chi connectivity index (χ3v) is 4.05. The Morgan fingerprint density at radius 3 is 1.83 bits per heavy atom. The lowest BCUT2D eigenvalue weighted by Gasteiger charge is -2.04. The Morgan fingerprint density at radius 2 is 1.50 bits per heavy atom. The lowest BCUT2D eigenvalue weighted by molar-refractivity contribution is 0.976. The molecule has 2 heteroatoms. The van der Waals surface area contributed by atoms with Gasteiger partial charge in [-0.3, -0.25) is 0 Å². The Bertz CT molecular complexity index is 284. The standard InChI is InChI=1S/C10H10S2/c1-8(9-4-2-6-11-9)10-5-3-7-12-10/h2-8H,1H3. The van der Waals surface area contributed by atoms with Gasteiger partial charge in [-0.15, -0.1) is 22.7 Å². The van der Waals surface area contributed by atoms with Gasteiger partial charge >= 0.3 is 0 Å². The van der Waals surface area contributed by atoms with Gasteiger partial charge in [0.05, 0.1) is 0 Å². The SMILES string of the molecule is CC(c1cccs1)c1cccs1. The van der Waals surface area contributed by atoms with E-state index >= 15 is 0 Å². The average Bonchev–Trinajstić information content (AvgIpc) is 2.77. The van der Waals surface area contributed by atoms with Crippen LogP contribution in [0.15, 0.2) is 35.0 Å². The molecule has 0 aliphatic rings. The predicted octanol–water partition coefficient (Wildman–Crippen LogP) is 3.96. The van der Waals surface area contributed by atoms with E-state index in [2.05, 4.69) is 41.9 Å². The molecule has 0 nitrogen and oxygen atoms in total. The molecule has 0 spiro atoms. The molecule has 2 aromatic rings. The second-order valence-corrected chi connectivity index (χ2v) is 4.71. The molecule has 2 rings (SSSR count). The Balaban J connectivity index is 2.27. The highest BCUT2D eigenvalue weighted by atomic mass is 32.1. The number of rotatable bonds is 2. The molecule has 0 unspecified atom stereocenters. The van der Waals surface area contributed by atoms with Crippen molar-refractivity contribution in [2.24, 2.45) is 0 Å². The number of hydrogen-bond donors (Lipinski definition) is 0. The molecule has 12 heavy (non-hydrogen) atoms. The van der Waals surface area contributed by atoms with Crippen LogP contribution in [-0.4, -0.2) is 0 Å². The number of thiophene rings is 2. The lowest BCUT2D eigenvalue weighted by Crippen LogP contribution is -1.87. The van der Waals surface area contributed by atoms with Crippen molar-refractivity contribution in [1.29, 1.82) is 0 Å². The lowest BCUT2D eigenvalue weighted by atomic mass is 10.1. The Hall–Kier alpha value is -0.600. The molecule has 2 heterocycles. The van der Waals surface area contributed by atoms with Crippen LogP contribution in [0.25, 0.3) is 0 Å². The van der Waals surface area contributed by atoms with Gasteiger partial charge in [0.25, 0.3) is 0 Å². The molecule has 0 fully saturated rings. The molecular formula is C10H10S2. The molecular weight excluding hydrogens is 184 g/mol. The van der Waals surface area contributed by atoms with Crippen molar-refractivity contribution < 1.29 is 0 Å². The molecule has 0 saturated heterocycles. The first-order valence-electron chi connectivity index (χ1n) is 3.95. The minimum Gasteiger partial charge on any atom is -0.148 e. The van der Waals surface area contributed by atoms with Gasteiger partial charge in [-0.05, 0) is 22.9 Å². The van der Waals surface area contributed by atoms with E-state index < -0.39 is 0 Å². The van der Waals surface area contributed by atoms with Crippen LogP contribution in [0.3, 0.4) is 0 Å². The zero-order valence-corrected chi connectivity index (χ0v) is 8.49. The summed E-state index contributed by atoms with van der Waals surface area (Å²) in [4.78, 5) is 2.91. The highest BCUT2D eigenvalue weighted by Crippen LogP contribution is 2.30. The first kappa shape index (κ1) is 8.02. The third kappa shape index (κ3) is 1.45. The van der Waals surface area contributed by atoms with Crippen LogP contribution in [-0.2, 0) is 0 Å². The zero-order valence-electron chi connectivity index (χ0n) is 6.86. The summed E-state index contributed by atoms with van der Waals surface area (Å²) < 4.78 is 0. The van der Waals surface area contributed by atoms with Crippen LogP contribution in [0.5, 0.6) is 0 Å². The van der Waals surface area contributed by atoms with Gasteiger partial charge in [-0.25, -0.2) is 0 Å².